The summed E-state index contributed by atoms with van der Waals surface area (Å²) in [6.07, 6.45) is 13.2. The van der Waals surface area contributed by atoms with Crippen LogP contribution in [0.3, 0.4) is 0 Å². The fourth-order valence-corrected chi connectivity index (χ4v) is 2.27. The van der Waals surface area contributed by atoms with Crippen molar-refractivity contribution in [1.29, 1.82) is 0 Å². The van der Waals surface area contributed by atoms with Crippen molar-refractivity contribution in [2.45, 2.75) is 32.1 Å². The number of aromatic nitrogens is 2. The molecule has 1 aromatic heterocycles. The Hall–Kier alpha value is -2.17. The van der Waals surface area contributed by atoms with Gasteiger partial charge in [0.1, 0.15) is 11.5 Å². The molecular weight excluding hydrogens is 264 g/mol. The lowest BCUT2D eigenvalue weighted by atomic mass is 9.97. The van der Waals surface area contributed by atoms with E-state index in [0.717, 1.165) is 13.0 Å². The molecule has 0 aliphatic heterocycles. The summed E-state index contributed by atoms with van der Waals surface area (Å²) in [6, 6.07) is 0. The van der Waals surface area contributed by atoms with Crippen LogP contribution in [0.25, 0.3) is 0 Å². The number of carbonyl (C=O) groups is 1. The van der Waals surface area contributed by atoms with Gasteiger partial charge in [-0.1, -0.05) is 17.7 Å². The Morgan fingerprint density at radius 3 is 2.90 bits per heavy atom. The van der Waals surface area contributed by atoms with Crippen LogP contribution < -0.4 is 10.6 Å². The van der Waals surface area contributed by atoms with Crippen LogP contribution in [-0.4, -0.2) is 29.0 Å². The van der Waals surface area contributed by atoms with Crippen molar-refractivity contribution in [3.8, 4) is 0 Å². The van der Waals surface area contributed by atoms with E-state index in [1.807, 2.05) is 0 Å². The number of allylic oxidation sites excluding steroid dienone is 1. The van der Waals surface area contributed by atoms with E-state index in [9.17, 15) is 4.79 Å². The van der Waals surface area contributed by atoms with Crippen molar-refractivity contribution in [2.24, 2.45) is 0 Å². The molecule has 5 nitrogen and oxygen atoms in total. The van der Waals surface area contributed by atoms with E-state index in [2.05, 4.69) is 33.3 Å². The van der Waals surface area contributed by atoms with Crippen molar-refractivity contribution >= 4 is 11.7 Å². The van der Waals surface area contributed by atoms with E-state index in [4.69, 9.17) is 0 Å². The molecule has 0 bridgehead atoms. The highest BCUT2D eigenvalue weighted by atomic mass is 16.1. The number of nitrogens with one attached hydrogen (secondary N) is 2. The van der Waals surface area contributed by atoms with Crippen LogP contribution in [0.5, 0.6) is 0 Å². The monoisotopic (exact) mass is 286 g/mol. The predicted molar refractivity (Wildman–Crippen MR) is 84.2 cm³/mol. The number of anilines is 1. The highest BCUT2D eigenvalue weighted by Crippen LogP contribution is 2.19. The molecule has 0 radical (unpaired) electrons. The van der Waals surface area contributed by atoms with Gasteiger partial charge in [-0.2, -0.15) is 0 Å². The van der Waals surface area contributed by atoms with Gasteiger partial charge in [0.2, 0.25) is 0 Å². The molecule has 21 heavy (non-hydrogen) atoms. The first-order valence-corrected chi connectivity index (χ1v) is 7.42. The minimum absolute atomic E-state index is 0.235. The predicted octanol–water partition coefficient (Wildman–Crippen LogP) is 2.69. The number of carbonyl (C=O) groups excluding carboxylic acids is 1. The Balaban J connectivity index is 1.78. The van der Waals surface area contributed by atoms with E-state index >= 15 is 0 Å². The molecule has 1 aromatic rings. The fourth-order valence-electron chi connectivity index (χ4n) is 2.27. The van der Waals surface area contributed by atoms with Gasteiger partial charge in [-0.15, -0.1) is 6.58 Å². The van der Waals surface area contributed by atoms with E-state index in [-0.39, 0.29) is 5.91 Å². The molecule has 0 unspecified atom stereocenters. The van der Waals surface area contributed by atoms with Crippen LogP contribution in [0, 0.1) is 0 Å². The maximum atomic E-state index is 11.6. The van der Waals surface area contributed by atoms with Gasteiger partial charge in [0.25, 0.3) is 5.91 Å². The van der Waals surface area contributed by atoms with Gasteiger partial charge in [-0.05, 0) is 32.1 Å². The van der Waals surface area contributed by atoms with Crippen LogP contribution in [0.4, 0.5) is 5.82 Å². The van der Waals surface area contributed by atoms with Crippen molar-refractivity contribution < 1.29 is 4.79 Å². The van der Waals surface area contributed by atoms with Crippen molar-refractivity contribution in [3.05, 3.63) is 42.4 Å². The van der Waals surface area contributed by atoms with Gasteiger partial charge < -0.3 is 10.6 Å². The summed E-state index contributed by atoms with van der Waals surface area (Å²) < 4.78 is 0. The molecule has 0 fully saturated rings. The van der Waals surface area contributed by atoms with Crippen molar-refractivity contribution in [1.82, 2.24) is 15.3 Å². The summed E-state index contributed by atoms with van der Waals surface area (Å²) in [6.45, 7) is 4.82. The lowest BCUT2D eigenvalue weighted by Crippen LogP contribution is -2.24. The number of nitrogens with zero attached hydrogens (tertiary/aromatic N) is 2. The van der Waals surface area contributed by atoms with Gasteiger partial charge >= 0.3 is 0 Å². The van der Waals surface area contributed by atoms with Gasteiger partial charge in [0, 0.05) is 13.1 Å². The van der Waals surface area contributed by atoms with Crippen LogP contribution in [0.1, 0.15) is 42.6 Å². The topological polar surface area (TPSA) is 66.9 Å². The van der Waals surface area contributed by atoms with E-state index < -0.39 is 0 Å². The molecule has 2 N–H and O–H groups in total. The lowest BCUT2D eigenvalue weighted by molar-refractivity contribution is 0.0952. The molecule has 1 aliphatic rings. The second-order valence-corrected chi connectivity index (χ2v) is 5.07. The SMILES string of the molecule is C=CCNC(=O)c1cnc(NCCC2=CCCCC2)cn1. The highest BCUT2D eigenvalue weighted by molar-refractivity contribution is 5.92. The largest absolute Gasteiger partial charge is 0.368 e. The first-order valence-electron chi connectivity index (χ1n) is 7.42. The molecule has 5 heteroatoms. The normalized spacial score (nSPS) is 14.2. The molecule has 0 spiro atoms. The molecule has 0 saturated heterocycles. The molecule has 0 aromatic carbocycles. The summed E-state index contributed by atoms with van der Waals surface area (Å²) in [7, 11) is 0. The third-order valence-corrected chi connectivity index (χ3v) is 3.43. The third-order valence-electron chi connectivity index (χ3n) is 3.43. The highest BCUT2D eigenvalue weighted by Gasteiger charge is 2.07. The number of amides is 1. The lowest BCUT2D eigenvalue weighted by Gasteiger charge is -2.13. The number of hydrogen-bond donors (Lipinski definition) is 2. The Morgan fingerprint density at radius 2 is 2.24 bits per heavy atom. The Bertz CT molecular complexity index is 508. The molecule has 1 heterocycles. The molecule has 0 saturated carbocycles. The van der Waals surface area contributed by atoms with Gasteiger partial charge in [-0.3, -0.25) is 4.79 Å². The quantitative estimate of drug-likeness (QED) is 0.756. The van der Waals surface area contributed by atoms with Crippen LogP contribution in [0.15, 0.2) is 36.7 Å². The minimum atomic E-state index is -0.235. The standard InChI is InChI=1S/C16H22N4O/c1-2-9-18-16(21)14-11-20-15(12-19-14)17-10-8-13-6-4-3-5-7-13/h2,6,11-12H,1,3-5,7-10H2,(H,17,20)(H,18,21). The van der Waals surface area contributed by atoms with Gasteiger partial charge in [-0.25, -0.2) is 9.97 Å². The zero-order valence-corrected chi connectivity index (χ0v) is 12.3. The summed E-state index contributed by atoms with van der Waals surface area (Å²) in [5.74, 6) is 0.466. The summed E-state index contributed by atoms with van der Waals surface area (Å²) in [4.78, 5) is 20.0. The van der Waals surface area contributed by atoms with Crippen molar-refractivity contribution in [3.63, 3.8) is 0 Å². The van der Waals surface area contributed by atoms with E-state index in [0.29, 0.717) is 18.1 Å². The van der Waals surface area contributed by atoms with Crippen molar-refractivity contribution in [2.75, 3.05) is 18.4 Å². The Labute approximate surface area is 125 Å². The molecule has 2 rings (SSSR count). The minimum Gasteiger partial charge on any atom is -0.368 e. The second-order valence-electron chi connectivity index (χ2n) is 5.07. The van der Waals surface area contributed by atoms with Gasteiger partial charge in [0.15, 0.2) is 0 Å². The zero-order valence-electron chi connectivity index (χ0n) is 12.3. The average molecular weight is 286 g/mol. The zero-order chi connectivity index (χ0) is 14.9. The maximum absolute atomic E-state index is 11.6. The summed E-state index contributed by atoms with van der Waals surface area (Å²) >= 11 is 0. The first-order chi connectivity index (χ1) is 10.3. The van der Waals surface area contributed by atoms with E-state index in [1.54, 1.807) is 12.3 Å². The summed E-state index contributed by atoms with van der Waals surface area (Å²) in [5, 5.41) is 5.91. The van der Waals surface area contributed by atoms with E-state index in [1.165, 1.54) is 37.5 Å². The second kappa shape index (κ2) is 8.19. The molecule has 112 valence electrons. The molecule has 1 aliphatic carbocycles. The number of rotatable bonds is 7. The van der Waals surface area contributed by atoms with Gasteiger partial charge in [0.05, 0.1) is 12.4 Å². The third kappa shape index (κ3) is 5.02. The molecule has 0 atom stereocenters. The van der Waals surface area contributed by atoms with Crippen LogP contribution in [-0.2, 0) is 0 Å². The fraction of sp³-hybridized carbons (Fsp3) is 0.438. The average Bonchev–Trinajstić information content (AvgIpc) is 2.54. The first kappa shape index (κ1) is 15.2. The molecular formula is C16H22N4O. The summed E-state index contributed by atoms with van der Waals surface area (Å²) in [5.41, 5.74) is 1.85. The smallest absolute Gasteiger partial charge is 0.271 e. The Morgan fingerprint density at radius 1 is 1.33 bits per heavy atom. The molecule has 1 amide bonds. The Kier molecular flexibility index (Phi) is 5.94. The van der Waals surface area contributed by atoms with Crippen LogP contribution in [0.2, 0.25) is 0 Å². The maximum Gasteiger partial charge on any atom is 0.271 e. The number of hydrogen-bond acceptors (Lipinski definition) is 4. The van der Waals surface area contributed by atoms with Crippen LogP contribution >= 0.6 is 0 Å².